The summed E-state index contributed by atoms with van der Waals surface area (Å²) in [6.07, 6.45) is 8.05. The van der Waals surface area contributed by atoms with Crippen LogP contribution in [0.3, 0.4) is 0 Å². The van der Waals surface area contributed by atoms with Crippen molar-refractivity contribution in [2.24, 2.45) is 0 Å². The highest BCUT2D eigenvalue weighted by Crippen LogP contribution is 2.24. The van der Waals surface area contributed by atoms with Crippen molar-refractivity contribution in [3.63, 3.8) is 0 Å². The monoisotopic (exact) mass is 357 g/mol. The van der Waals surface area contributed by atoms with Gasteiger partial charge in [-0.3, -0.25) is 9.48 Å². The molecule has 7 nitrogen and oxygen atoms in total. The molecule has 1 aliphatic rings. The summed E-state index contributed by atoms with van der Waals surface area (Å²) in [5, 5.41) is 7.33. The Balaban J connectivity index is 1.39. The van der Waals surface area contributed by atoms with E-state index in [1.165, 1.54) is 0 Å². The first-order chi connectivity index (χ1) is 12.6. The number of nitrogens with zero attached hydrogens (tertiary/aromatic N) is 4. The van der Waals surface area contributed by atoms with E-state index in [1.54, 1.807) is 12.4 Å². The minimum atomic E-state index is 0.0155. The summed E-state index contributed by atoms with van der Waals surface area (Å²) in [5.41, 5.74) is 3.03. The van der Waals surface area contributed by atoms with E-state index in [0.717, 1.165) is 61.6 Å². The fourth-order valence-electron chi connectivity index (χ4n) is 3.15. The molecule has 1 amide bonds. The van der Waals surface area contributed by atoms with Crippen LogP contribution >= 0.6 is 0 Å². The maximum atomic E-state index is 12.0. The third-order valence-corrected chi connectivity index (χ3v) is 4.56. The topological polar surface area (TPSA) is 81.9 Å². The minimum absolute atomic E-state index is 0.0155. The number of ether oxygens (including phenoxy) is 1. The first-order valence-electron chi connectivity index (χ1n) is 9.32. The molecule has 0 saturated carbocycles. The van der Waals surface area contributed by atoms with Gasteiger partial charge in [-0.05, 0) is 45.6 Å². The lowest BCUT2D eigenvalue weighted by Gasteiger charge is -2.21. The molecule has 0 aliphatic carbocycles. The van der Waals surface area contributed by atoms with Gasteiger partial charge in [0.25, 0.3) is 0 Å². The molecule has 26 heavy (non-hydrogen) atoms. The molecule has 1 N–H and O–H groups in total. The fraction of sp³-hybridized carbons (Fsp3) is 0.579. The number of aromatic nitrogens is 4. The summed E-state index contributed by atoms with van der Waals surface area (Å²) in [5.74, 6) is 0.774. The lowest BCUT2D eigenvalue weighted by molar-refractivity contribution is -0.121. The number of hydrogen-bond donors (Lipinski definition) is 1. The zero-order chi connectivity index (χ0) is 18.4. The lowest BCUT2D eigenvalue weighted by atomic mass is 10.1. The second-order valence-electron chi connectivity index (χ2n) is 6.84. The van der Waals surface area contributed by atoms with E-state index < -0.39 is 0 Å². The van der Waals surface area contributed by atoms with Crippen LogP contribution in [0.4, 0.5) is 0 Å². The van der Waals surface area contributed by atoms with E-state index in [4.69, 9.17) is 4.74 Å². The molecule has 7 heteroatoms. The standard InChI is InChI=1S/C19H27N5O2/c1-14-10-15(2)24(23-14)8-5-7-18(25)20-11-16-12-21-19(22-13-16)17-6-3-4-9-26-17/h10,12-13,17H,3-9,11H2,1-2H3,(H,20,25). The number of amides is 1. The van der Waals surface area contributed by atoms with Crippen LogP contribution in [0.5, 0.6) is 0 Å². The maximum Gasteiger partial charge on any atom is 0.220 e. The summed E-state index contributed by atoms with van der Waals surface area (Å²) in [7, 11) is 0. The Hall–Kier alpha value is -2.28. The molecule has 140 valence electrons. The fourth-order valence-corrected chi connectivity index (χ4v) is 3.15. The van der Waals surface area contributed by atoms with E-state index >= 15 is 0 Å². The zero-order valence-corrected chi connectivity index (χ0v) is 15.6. The first-order valence-corrected chi connectivity index (χ1v) is 9.32. The van der Waals surface area contributed by atoms with Crippen LogP contribution in [-0.4, -0.2) is 32.3 Å². The summed E-state index contributed by atoms with van der Waals surface area (Å²) in [6.45, 7) is 5.99. The Bertz CT molecular complexity index is 720. The van der Waals surface area contributed by atoms with E-state index in [1.807, 2.05) is 24.6 Å². The van der Waals surface area contributed by atoms with Gasteiger partial charge in [-0.1, -0.05) is 0 Å². The van der Waals surface area contributed by atoms with Gasteiger partial charge >= 0.3 is 0 Å². The van der Waals surface area contributed by atoms with Crippen molar-refractivity contribution in [2.45, 2.75) is 65.1 Å². The zero-order valence-electron chi connectivity index (χ0n) is 15.6. The molecule has 1 aliphatic heterocycles. The van der Waals surface area contributed by atoms with Gasteiger partial charge in [0.1, 0.15) is 6.10 Å². The second kappa shape index (κ2) is 8.89. The van der Waals surface area contributed by atoms with Gasteiger partial charge in [-0.25, -0.2) is 9.97 Å². The van der Waals surface area contributed by atoms with Crippen molar-refractivity contribution in [1.82, 2.24) is 25.1 Å². The molecular formula is C19H27N5O2. The van der Waals surface area contributed by atoms with Crippen molar-refractivity contribution in [3.8, 4) is 0 Å². The van der Waals surface area contributed by atoms with Crippen LogP contribution in [0.2, 0.25) is 0 Å². The van der Waals surface area contributed by atoms with Crippen LogP contribution in [0.25, 0.3) is 0 Å². The van der Waals surface area contributed by atoms with Crippen LogP contribution < -0.4 is 5.32 Å². The molecule has 0 aromatic carbocycles. The van der Waals surface area contributed by atoms with Gasteiger partial charge in [-0.15, -0.1) is 0 Å². The van der Waals surface area contributed by atoms with Gasteiger partial charge in [0.05, 0.1) is 5.69 Å². The number of rotatable bonds is 7. The molecule has 1 fully saturated rings. The minimum Gasteiger partial charge on any atom is -0.370 e. The second-order valence-corrected chi connectivity index (χ2v) is 6.84. The van der Waals surface area contributed by atoms with Crippen LogP contribution in [0.15, 0.2) is 18.5 Å². The Labute approximate surface area is 154 Å². The average Bonchev–Trinajstić information content (AvgIpc) is 2.98. The van der Waals surface area contributed by atoms with E-state index in [0.29, 0.717) is 13.0 Å². The molecule has 1 atom stereocenters. The Morgan fingerprint density at radius 2 is 2.12 bits per heavy atom. The van der Waals surface area contributed by atoms with Gasteiger partial charge in [0, 0.05) is 49.8 Å². The Kier molecular flexibility index (Phi) is 6.33. The number of carbonyl (C=O) groups is 1. The molecule has 0 spiro atoms. The Morgan fingerprint density at radius 3 is 2.77 bits per heavy atom. The van der Waals surface area contributed by atoms with Gasteiger partial charge in [0.15, 0.2) is 5.82 Å². The molecule has 2 aromatic heterocycles. The maximum absolute atomic E-state index is 12.0. The number of nitrogens with one attached hydrogen (secondary N) is 1. The molecule has 0 bridgehead atoms. The van der Waals surface area contributed by atoms with Crippen molar-refractivity contribution in [2.75, 3.05) is 6.61 Å². The average molecular weight is 357 g/mol. The molecule has 3 rings (SSSR count). The van der Waals surface area contributed by atoms with Crippen LogP contribution in [0, 0.1) is 13.8 Å². The highest BCUT2D eigenvalue weighted by atomic mass is 16.5. The number of aryl methyl sites for hydroxylation is 3. The predicted octanol–water partition coefficient (Wildman–Crippen LogP) is 2.63. The van der Waals surface area contributed by atoms with Crippen molar-refractivity contribution < 1.29 is 9.53 Å². The Morgan fingerprint density at radius 1 is 1.31 bits per heavy atom. The predicted molar refractivity (Wildman–Crippen MR) is 97.4 cm³/mol. The van der Waals surface area contributed by atoms with Gasteiger partial charge in [0.2, 0.25) is 5.91 Å². The molecule has 0 radical (unpaired) electrons. The SMILES string of the molecule is Cc1cc(C)n(CCCC(=O)NCc2cnc(C3CCCCO3)nc2)n1. The number of hydrogen-bond acceptors (Lipinski definition) is 5. The molecule has 2 aromatic rings. The van der Waals surface area contributed by atoms with Crippen molar-refractivity contribution in [1.29, 1.82) is 0 Å². The molecule has 1 unspecified atom stereocenters. The third-order valence-electron chi connectivity index (χ3n) is 4.56. The van der Waals surface area contributed by atoms with E-state index in [2.05, 4.69) is 20.4 Å². The van der Waals surface area contributed by atoms with E-state index in [9.17, 15) is 4.79 Å². The summed E-state index contributed by atoms with van der Waals surface area (Å²) < 4.78 is 7.64. The van der Waals surface area contributed by atoms with E-state index in [-0.39, 0.29) is 12.0 Å². The van der Waals surface area contributed by atoms with Crippen LogP contribution in [0.1, 0.15) is 61.0 Å². The van der Waals surface area contributed by atoms with Gasteiger partial charge in [-0.2, -0.15) is 5.10 Å². The highest BCUT2D eigenvalue weighted by molar-refractivity contribution is 5.75. The summed E-state index contributed by atoms with van der Waals surface area (Å²) in [4.78, 5) is 20.8. The summed E-state index contributed by atoms with van der Waals surface area (Å²) >= 11 is 0. The molecular weight excluding hydrogens is 330 g/mol. The molecule has 3 heterocycles. The third kappa shape index (κ3) is 5.11. The normalized spacial score (nSPS) is 17.2. The van der Waals surface area contributed by atoms with Crippen molar-refractivity contribution >= 4 is 5.91 Å². The largest absolute Gasteiger partial charge is 0.370 e. The number of carbonyl (C=O) groups excluding carboxylic acids is 1. The van der Waals surface area contributed by atoms with Crippen molar-refractivity contribution in [3.05, 3.63) is 41.2 Å². The lowest BCUT2D eigenvalue weighted by Crippen LogP contribution is -2.23. The van der Waals surface area contributed by atoms with Gasteiger partial charge < -0.3 is 10.1 Å². The first kappa shape index (κ1) is 18.5. The highest BCUT2D eigenvalue weighted by Gasteiger charge is 2.18. The smallest absolute Gasteiger partial charge is 0.220 e. The molecule has 1 saturated heterocycles. The summed E-state index contributed by atoms with van der Waals surface area (Å²) in [6, 6.07) is 2.04. The quantitative estimate of drug-likeness (QED) is 0.824. The van der Waals surface area contributed by atoms with Crippen LogP contribution in [-0.2, 0) is 22.6 Å².